The Morgan fingerprint density at radius 1 is 1.05 bits per heavy atom. The summed E-state index contributed by atoms with van der Waals surface area (Å²) in [6.07, 6.45) is 4.27. The van der Waals surface area contributed by atoms with Gasteiger partial charge in [-0.15, -0.1) is 0 Å². The van der Waals surface area contributed by atoms with Gasteiger partial charge in [0.25, 0.3) is 0 Å². The molecule has 0 aromatic heterocycles. The Hall–Kier alpha value is -2.59. The molecule has 0 unspecified atom stereocenters. The number of esters is 1. The van der Waals surface area contributed by atoms with Crippen molar-refractivity contribution in [3.63, 3.8) is 0 Å². The van der Waals surface area contributed by atoms with Crippen molar-refractivity contribution in [3.05, 3.63) is 70.8 Å². The Labute approximate surface area is 126 Å². The number of carbonyl (C=O) groups is 1. The van der Waals surface area contributed by atoms with E-state index in [9.17, 15) is 4.79 Å². The fourth-order valence-electron chi connectivity index (χ4n) is 1.58. The highest BCUT2D eigenvalue weighted by molar-refractivity contribution is 6.30. The van der Waals surface area contributed by atoms with Crippen LogP contribution < -0.4 is 4.74 Å². The highest BCUT2D eigenvalue weighted by Crippen LogP contribution is 2.13. The van der Waals surface area contributed by atoms with E-state index in [0.29, 0.717) is 16.3 Å². The van der Waals surface area contributed by atoms with Crippen LogP contribution in [0.2, 0.25) is 5.02 Å². The normalized spacial score (nSPS) is 11.1. The summed E-state index contributed by atoms with van der Waals surface area (Å²) < 4.78 is 5.13. The number of nitrogens with zero attached hydrogens (tertiary/aromatic N) is 1. The van der Waals surface area contributed by atoms with Crippen molar-refractivity contribution in [3.8, 4) is 5.75 Å². The SMILES string of the molecule is O=C(C=Cc1ccc(Cl)cc1)Oc1ccc(/C=N/O)cc1. The minimum atomic E-state index is -0.478. The fourth-order valence-corrected chi connectivity index (χ4v) is 1.70. The van der Waals surface area contributed by atoms with Gasteiger partial charge < -0.3 is 9.94 Å². The van der Waals surface area contributed by atoms with E-state index < -0.39 is 5.97 Å². The molecule has 0 heterocycles. The van der Waals surface area contributed by atoms with Crippen LogP contribution in [-0.2, 0) is 4.79 Å². The first-order chi connectivity index (χ1) is 10.2. The van der Waals surface area contributed by atoms with E-state index in [1.165, 1.54) is 12.3 Å². The third-order valence-corrected chi connectivity index (χ3v) is 2.84. The molecule has 5 heteroatoms. The molecule has 0 saturated carbocycles. The van der Waals surface area contributed by atoms with E-state index in [1.54, 1.807) is 54.6 Å². The van der Waals surface area contributed by atoms with Gasteiger partial charge in [0.2, 0.25) is 0 Å². The van der Waals surface area contributed by atoms with E-state index in [1.807, 2.05) is 0 Å². The minimum absolute atomic E-state index is 0.413. The molecule has 0 aliphatic rings. The quantitative estimate of drug-likeness (QED) is 0.233. The van der Waals surface area contributed by atoms with Gasteiger partial charge in [0.15, 0.2) is 0 Å². The summed E-state index contributed by atoms with van der Waals surface area (Å²) in [5.41, 5.74) is 1.56. The Morgan fingerprint density at radius 2 is 1.67 bits per heavy atom. The van der Waals surface area contributed by atoms with Crippen LogP contribution in [0.1, 0.15) is 11.1 Å². The Morgan fingerprint density at radius 3 is 2.29 bits per heavy atom. The van der Waals surface area contributed by atoms with Gasteiger partial charge in [-0.25, -0.2) is 4.79 Å². The molecule has 0 atom stereocenters. The van der Waals surface area contributed by atoms with E-state index in [4.69, 9.17) is 21.5 Å². The summed E-state index contributed by atoms with van der Waals surface area (Å²) in [7, 11) is 0. The van der Waals surface area contributed by atoms with E-state index in [0.717, 1.165) is 5.56 Å². The smallest absolute Gasteiger partial charge is 0.336 e. The van der Waals surface area contributed by atoms with Crippen LogP contribution in [0.4, 0.5) is 0 Å². The summed E-state index contributed by atoms with van der Waals surface area (Å²) in [4.78, 5) is 11.7. The Kier molecular flexibility index (Phi) is 5.12. The van der Waals surface area contributed by atoms with Gasteiger partial charge in [-0.2, -0.15) is 0 Å². The molecule has 0 bridgehead atoms. The fraction of sp³-hybridized carbons (Fsp3) is 0. The molecule has 21 heavy (non-hydrogen) atoms. The second-order valence-corrected chi connectivity index (χ2v) is 4.56. The molecule has 0 fully saturated rings. The van der Waals surface area contributed by atoms with Gasteiger partial charge in [0.1, 0.15) is 5.75 Å². The van der Waals surface area contributed by atoms with E-state index in [-0.39, 0.29) is 0 Å². The molecule has 0 aliphatic carbocycles. The lowest BCUT2D eigenvalue weighted by Crippen LogP contribution is -2.03. The first kappa shape index (κ1) is 14.8. The largest absolute Gasteiger partial charge is 0.423 e. The van der Waals surface area contributed by atoms with Crippen LogP contribution in [0.25, 0.3) is 6.08 Å². The topological polar surface area (TPSA) is 58.9 Å². The Bertz CT molecular complexity index is 661. The first-order valence-corrected chi connectivity index (χ1v) is 6.48. The molecule has 0 spiro atoms. The monoisotopic (exact) mass is 301 g/mol. The molecule has 0 amide bonds. The number of hydrogen-bond donors (Lipinski definition) is 1. The molecule has 0 aliphatic heterocycles. The van der Waals surface area contributed by atoms with Crippen molar-refractivity contribution in [1.29, 1.82) is 0 Å². The van der Waals surface area contributed by atoms with Crippen molar-refractivity contribution in [1.82, 2.24) is 0 Å². The molecule has 0 saturated heterocycles. The predicted molar refractivity (Wildman–Crippen MR) is 81.9 cm³/mol. The van der Waals surface area contributed by atoms with Crippen molar-refractivity contribution in [2.24, 2.45) is 5.16 Å². The van der Waals surface area contributed by atoms with E-state index in [2.05, 4.69) is 5.16 Å². The van der Waals surface area contributed by atoms with Gasteiger partial charge >= 0.3 is 5.97 Å². The van der Waals surface area contributed by atoms with Crippen LogP contribution in [0.15, 0.2) is 59.8 Å². The van der Waals surface area contributed by atoms with Crippen molar-refractivity contribution in [2.75, 3.05) is 0 Å². The summed E-state index contributed by atoms with van der Waals surface area (Å²) in [5, 5.41) is 11.9. The summed E-state index contributed by atoms with van der Waals surface area (Å²) in [5.74, 6) is -0.0654. The lowest BCUT2D eigenvalue weighted by molar-refractivity contribution is -0.128. The average Bonchev–Trinajstić information content (AvgIpc) is 2.49. The molecule has 2 aromatic carbocycles. The number of hydrogen-bond acceptors (Lipinski definition) is 4. The highest BCUT2D eigenvalue weighted by atomic mass is 35.5. The number of benzene rings is 2. The number of ether oxygens (including phenoxy) is 1. The van der Waals surface area contributed by atoms with Crippen LogP contribution in [0.5, 0.6) is 5.75 Å². The molecule has 1 N–H and O–H groups in total. The van der Waals surface area contributed by atoms with Crippen LogP contribution in [0.3, 0.4) is 0 Å². The van der Waals surface area contributed by atoms with Crippen LogP contribution in [0, 0.1) is 0 Å². The molecular weight excluding hydrogens is 290 g/mol. The number of halogens is 1. The Balaban J connectivity index is 1.96. The molecule has 4 nitrogen and oxygen atoms in total. The lowest BCUT2D eigenvalue weighted by Gasteiger charge is -2.01. The summed E-state index contributed by atoms with van der Waals surface area (Å²) >= 11 is 5.78. The third kappa shape index (κ3) is 4.78. The van der Waals surface area contributed by atoms with Gasteiger partial charge in [-0.3, -0.25) is 0 Å². The van der Waals surface area contributed by atoms with Crippen molar-refractivity contribution in [2.45, 2.75) is 0 Å². The summed E-state index contributed by atoms with van der Waals surface area (Å²) in [6, 6.07) is 13.7. The molecule has 106 valence electrons. The zero-order chi connectivity index (χ0) is 15.1. The zero-order valence-corrected chi connectivity index (χ0v) is 11.7. The zero-order valence-electron chi connectivity index (χ0n) is 10.9. The number of rotatable bonds is 4. The van der Waals surface area contributed by atoms with Gasteiger partial charge in [0, 0.05) is 11.1 Å². The second kappa shape index (κ2) is 7.26. The number of oxime groups is 1. The predicted octanol–water partition coefficient (Wildman–Crippen LogP) is 3.77. The van der Waals surface area contributed by atoms with Gasteiger partial charge in [-0.05, 0) is 53.6 Å². The molecule has 2 aromatic rings. The van der Waals surface area contributed by atoms with Crippen molar-refractivity contribution >= 4 is 29.9 Å². The van der Waals surface area contributed by atoms with Crippen LogP contribution in [-0.4, -0.2) is 17.4 Å². The maximum atomic E-state index is 11.7. The standard InChI is InChI=1S/C16H12ClNO3/c17-14-6-1-12(2-7-14)5-10-16(19)21-15-8-3-13(4-9-15)11-18-20/h1-11,20H/b10-5?,18-11+. The summed E-state index contributed by atoms with van der Waals surface area (Å²) in [6.45, 7) is 0. The highest BCUT2D eigenvalue weighted by Gasteiger charge is 2.00. The van der Waals surface area contributed by atoms with Gasteiger partial charge in [-0.1, -0.05) is 28.9 Å². The molecule has 0 radical (unpaired) electrons. The van der Waals surface area contributed by atoms with E-state index >= 15 is 0 Å². The number of carbonyl (C=O) groups excluding carboxylic acids is 1. The third-order valence-electron chi connectivity index (χ3n) is 2.59. The average molecular weight is 302 g/mol. The van der Waals surface area contributed by atoms with Gasteiger partial charge in [0.05, 0.1) is 6.21 Å². The maximum Gasteiger partial charge on any atom is 0.336 e. The lowest BCUT2D eigenvalue weighted by atomic mass is 10.2. The minimum Gasteiger partial charge on any atom is -0.423 e. The van der Waals surface area contributed by atoms with Crippen molar-refractivity contribution < 1.29 is 14.7 Å². The molecular formula is C16H12ClNO3. The molecule has 2 rings (SSSR count). The first-order valence-electron chi connectivity index (χ1n) is 6.10. The van der Waals surface area contributed by atoms with Crippen LogP contribution >= 0.6 is 11.6 Å². The maximum absolute atomic E-state index is 11.7. The second-order valence-electron chi connectivity index (χ2n) is 4.12.